The molecule has 0 spiro atoms. The number of halogens is 1. The molecule has 0 bridgehead atoms. The predicted molar refractivity (Wildman–Crippen MR) is 84.8 cm³/mol. The van der Waals surface area contributed by atoms with E-state index in [1.54, 1.807) is 42.5 Å². The van der Waals surface area contributed by atoms with E-state index in [2.05, 4.69) is 20.7 Å². The highest BCUT2D eigenvalue weighted by molar-refractivity contribution is 9.10. The molecule has 0 heterocycles. The predicted octanol–water partition coefficient (Wildman–Crippen LogP) is 2.91. The zero-order valence-corrected chi connectivity index (χ0v) is 13.4. The molecule has 2 N–H and O–H groups in total. The monoisotopic (exact) mass is 363 g/mol. The zero-order valence-electron chi connectivity index (χ0n) is 11.8. The Morgan fingerprint density at radius 3 is 2.27 bits per heavy atom. The molecule has 1 amide bonds. The third-order valence-corrected chi connectivity index (χ3v) is 3.61. The minimum atomic E-state index is -0.464. The third-order valence-electron chi connectivity index (χ3n) is 2.99. The summed E-state index contributed by atoms with van der Waals surface area (Å²) in [7, 11) is 1.33. The van der Waals surface area contributed by atoms with Gasteiger partial charge in [-0.15, -0.1) is 0 Å². The van der Waals surface area contributed by atoms with E-state index >= 15 is 0 Å². The molecule has 2 aromatic carbocycles. The highest BCUT2D eigenvalue weighted by Crippen LogP contribution is 2.27. The zero-order chi connectivity index (χ0) is 16.1. The second-order valence-electron chi connectivity index (χ2n) is 4.49. The van der Waals surface area contributed by atoms with Gasteiger partial charge in [0.05, 0.1) is 17.1 Å². The van der Waals surface area contributed by atoms with Crippen molar-refractivity contribution in [2.45, 2.75) is 6.61 Å². The first-order valence-corrected chi connectivity index (χ1v) is 7.20. The van der Waals surface area contributed by atoms with Gasteiger partial charge < -0.3 is 15.2 Å². The summed E-state index contributed by atoms with van der Waals surface area (Å²) >= 11 is 3.35. The van der Waals surface area contributed by atoms with Crippen molar-refractivity contribution in [2.24, 2.45) is 5.73 Å². The van der Waals surface area contributed by atoms with Crippen LogP contribution < -0.4 is 10.5 Å². The molecule has 0 unspecified atom stereocenters. The van der Waals surface area contributed by atoms with Crippen LogP contribution in [-0.4, -0.2) is 19.0 Å². The van der Waals surface area contributed by atoms with Crippen molar-refractivity contribution in [1.29, 1.82) is 0 Å². The first-order chi connectivity index (χ1) is 10.5. The number of hydrogen-bond donors (Lipinski definition) is 1. The number of primary amides is 1. The molecule has 0 aliphatic carbocycles. The lowest BCUT2D eigenvalue weighted by Crippen LogP contribution is -2.10. The van der Waals surface area contributed by atoms with Gasteiger partial charge in [-0.25, -0.2) is 4.79 Å². The van der Waals surface area contributed by atoms with Crippen LogP contribution in [0.15, 0.2) is 46.9 Å². The van der Waals surface area contributed by atoms with Crippen molar-refractivity contribution in [3.05, 3.63) is 63.6 Å². The van der Waals surface area contributed by atoms with E-state index in [0.29, 0.717) is 28.0 Å². The highest BCUT2D eigenvalue weighted by atomic mass is 79.9. The lowest BCUT2D eigenvalue weighted by molar-refractivity contribution is 0.0600. The topological polar surface area (TPSA) is 78.6 Å². The van der Waals surface area contributed by atoms with E-state index in [1.165, 1.54) is 7.11 Å². The number of methoxy groups -OCH3 is 1. The van der Waals surface area contributed by atoms with Gasteiger partial charge in [0, 0.05) is 5.56 Å². The summed E-state index contributed by atoms with van der Waals surface area (Å²) in [5, 5.41) is 0. The first kappa shape index (κ1) is 16.0. The molecule has 0 atom stereocenters. The number of rotatable bonds is 5. The largest absolute Gasteiger partial charge is 0.488 e. The average Bonchev–Trinajstić information content (AvgIpc) is 2.53. The van der Waals surface area contributed by atoms with Gasteiger partial charge in [0.15, 0.2) is 0 Å². The van der Waals surface area contributed by atoms with Gasteiger partial charge in [-0.1, -0.05) is 12.1 Å². The van der Waals surface area contributed by atoms with Crippen molar-refractivity contribution in [2.75, 3.05) is 7.11 Å². The van der Waals surface area contributed by atoms with Gasteiger partial charge in [0.25, 0.3) is 0 Å². The molecule has 0 saturated heterocycles. The van der Waals surface area contributed by atoms with E-state index in [0.717, 1.165) is 5.56 Å². The third kappa shape index (κ3) is 3.85. The number of esters is 1. The fraction of sp³-hybridized carbons (Fsp3) is 0.125. The minimum absolute atomic E-state index is 0.329. The Labute approximate surface area is 136 Å². The van der Waals surface area contributed by atoms with Gasteiger partial charge in [0.1, 0.15) is 12.4 Å². The van der Waals surface area contributed by atoms with Gasteiger partial charge in [-0.3, -0.25) is 4.79 Å². The summed E-state index contributed by atoms with van der Waals surface area (Å²) in [4.78, 5) is 22.4. The summed E-state index contributed by atoms with van der Waals surface area (Å²) in [6.07, 6.45) is 0. The average molecular weight is 364 g/mol. The van der Waals surface area contributed by atoms with Gasteiger partial charge >= 0.3 is 5.97 Å². The van der Waals surface area contributed by atoms with Crippen LogP contribution in [0.25, 0.3) is 0 Å². The van der Waals surface area contributed by atoms with Crippen LogP contribution in [0.1, 0.15) is 26.3 Å². The van der Waals surface area contributed by atoms with Gasteiger partial charge in [0.2, 0.25) is 5.91 Å². The smallest absolute Gasteiger partial charge is 0.337 e. The Balaban J connectivity index is 2.05. The molecule has 0 aliphatic heterocycles. The van der Waals surface area contributed by atoms with Crippen molar-refractivity contribution < 1.29 is 19.1 Å². The van der Waals surface area contributed by atoms with E-state index < -0.39 is 11.9 Å². The number of amides is 1. The number of benzene rings is 2. The SMILES string of the molecule is COC(=O)c1ccc(OCc2ccc(C(N)=O)cc2)c(Br)c1. The number of carbonyl (C=O) groups is 2. The van der Waals surface area contributed by atoms with Crippen LogP contribution in [0.3, 0.4) is 0 Å². The highest BCUT2D eigenvalue weighted by Gasteiger charge is 2.09. The van der Waals surface area contributed by atoms with E-state index in [4.69, 9.17) is 10.5 Å². The van der Waals surface area contributed by atoms with Crippen LogP contribution in [0.2, 0.25) is 0 Å². The molecule has 0 saturated carbocycles. The van der Waals surface area contributed by atoms with E-state index in [1.807, 2.05) is 0 Å². The molecule has 22 heavy (non-hydrogen) atoms. The molecular weight excluding hydrogens is 350 g/mol. The van der Waals surface area contributed by atoms with Gasteiger partial charge in [-0.2, -0.15) is 0 Å². The fourth-order valence-electron chi connectivity index (χ4n) is 1.79. The fourth-order valence-corrected chi connectivity index (χ4v) is 2.28. The molecule has 5 nitrogen and oxygen atoms in total. The van der Waals surface area contributed by atoms with Crippen LogP contribution in [0, 0.1) is 0 Å². The van der Waals surface area contributed by atoms with E-state index in [9.17, 15) is 9.59 Å². The first-order valence-electron chi connectivity index (χ1n) is 6.40. The maximum Gasteiger partial charge on any atom is 0.337 e. The summed E-state index contributed by atoms with van der Waals surface area (Å²) in [6.45, 7) is 0.329. The van der Waals surface area contributed by atoms with Crippen LogP contribution in [0.4, 0.5) is 0 Å². The van der Waals surface area contributed by atoms with Gasteiger partial charge in [-0.05, 0) is 51.8 Å². The molecule has 114 valence electrons. The van der Waals surface area contributed by atoms with E-state index in [-0.39, 0.29) is 0 Å². The number of carbonyl (C=O) groups excluding carboxylic acids is 2. The molecule has 2 aromatic rings. The molecule has 0 aromatic heterocycles. The second-order valence-corrected chi connectivity index (χ2v) is 5.34. The maximum absolute atomic E-state index is 11.4. The number of nitrogens with two attached hydrogens (primary N) is 1. The summed E-state index contributed by atoms with van der Waals surface area (Å²) in [5.41, 5.74) is 6.97. The summed E-state index contributed by atoms with van der Waals surface area (Å²) in [6, 6.07) is 11.8. The Morgan fingerprint density at radius 2 is 1.73 bits per heavy atom. The summed E-state index contributed by atoms with van der Waals surface area (Å²) < 4.78 is 11.0. The Morgan fingerprint density at radius 1 is 1.09 bits per heavy atom. The second kappa shape index (κ2) is 7.09. The van der Waals surface area contributed by atoms with Crippen molar-refractivity contribution in [3.63, 3.8) is 0 Å². The Hall–Kier alpha value is -2.34. The van der Waals surface area contributed by atoms with Crippen molar-refractivity contribution in [3.8, 4) is 5.75 Å². The molecule has 2 rings (SSSR count). The molecule has 0 aliphatic rings. The Bertz CT molecular complexity index is 698. The molecule has 0 fully saturated rings. The van der Waals surface area contributed by atoms with Crippen molar-refractivity contribution in [1.82, 2.24) is 0 Å². The standard InChI is InChI=1S/C16H14BrNO4/c1-21-16(20)12-6-7-14(13(17)8-12)22-9-10-2-4-11(5-3-10)15(18)19/h2-8H,9H2,1H3,(H2,18,19). The normalized spacial score (nSPS) is 10.1. The van der Waals surface area contributed by atoms with Crippen LogP contribution >= 0.6 is 15.9 Å². The maximum atomic E-state index is 11.4. The Kier molecular flexibility index (Phi) is 5.16. The lowest BCUT2D eigenvalue weighted by Gasteiger charge is -2.09. The number of hydrogen-bond acceptors (Lipinski definition) is 4. The molecular formula is C16H14BrNO4. The molecule has 0 radical (unpaired) electrons. The molecule has 6 heteroatoms. The van der Waals surface area contributed by atoms with Crippen molar-refractivity contribution >= 4 is 27.8 Å². The lowest BCUT2D eigenvalue weighted by atomic mass is 10.1. The quantitative estimate of drug-likeness (QED) is 0.828. The summed E-state index contributed by atoms with van der Waals surface area (Å²) in [5.74, 6) is -0.269. The van der Waals surface area contributed by atoms with Crippen LogP contribution in [-0.2, 0) is 11.3 Å². The number of ether oxygens (including phenoxy) is 2. The van der Waals surface area contributed by atoms with Crippen LogP contribution in [0.5, 0.6) is 5.75 Å². The minimum Gasteiger partial charge on any atom is -0.488 e.